The van der Waals surface area contributed by atoms with Gasteiger partial charge in [0.15, 0.2) is 5.82 Å². The summed E-state index contributed by atoms with van der Waals surface area (Å²) in [4.78, 5) is 11.9. The summed E-state index contributed by atoms with van der Waals surface area (Å²) < 4.78 is 11.6. The van der Waals surface area contributed by atoms with Gasteiger partial charge in [-0.3, -0.25) is 0 Å². The Hall–Kier alpha value is -1.66. The van der Waals surface area contributed by atoms with Crippen molar-refractivity contribution in [1.29, 1.82) is 0 Å². The van der Waals surface area contributed by atoms with Gasteiger partial charge in [-0.25, -0.2) is 9.97 Å². The number of hydrogen-bond acceptors (Lipinski definition) is 5. The Kier molecular flexibility index (Phi) is 3.27. The number of fused-ring (bicyclic) bond motifs is 1. The molecule has 6 heteroatoms. The zero-order chi connectivity index (χ0) is 14.1. The maximum absolute atomic E-state index is 6.09. The Bertz CT molecular complexity index is 615. The molecule has 4 heterocycles. The predicted molar refractivity (Wildman–Crippen MR) is 79.3 cm³/mol. The van der Waals surface area contributed by atoms with E-state index < -0.39 is 0 Å². The standard InChI is InChI=1S/C15H20N4O2/c1-5-16-13-12(1)17-10-18-14(13)19-11-2-6-21-15(9-11)3-7-20-8-4-15/h1,5,10-11,16H,2-4,6-9H2,(H,17,18,19). The molecular formula is C15H20N4O2. The SMILES string of the molecule is c1nc(NC2CCOC3(CCOCC3)C2)c2[nH]ccc2n1. The van der Waals surface area contributed by atoms with Crippen molar-refractivity contribution in [3.63, 3.8) is 0 Å². The minimum absolute atomic E-state index is 0.00392. The molecule has 2 fully saturated rings. The molecule has 0 aliphatic carbocycles. The number of nitrogens with one attached hydrogen (secondary N) is 2. The van der Waals surface area contributed by atoms with E-state index in [0.717, 1.165) is 62.4 Å². The minimum atomic E-state index is -0.00392. The van der Waals surface area contributed by atoms with Gasteiger partial charge in [0.05, 0.1) is 11.1 Å². The second kappa shape index (κ2) is 5.27. The lowest BCUT2D eigenvalue weighted by Gasteiger charge is -2.43. The van der Waals surface area contributed by atoms with E-state index in [-0.39, 0.29) is 5.60 Å². The minimum Gasteiger partial charge on any atom is -0.381 e. The fourth-order valence-electron chi connectivity index (χ4n) is 3.42. The van der Waals surface area contributed by atoms with Crippen molar-refractivity contribution in [3.05, 3.63) is 18.6 Å². The summed E-state index contributed by atoms with van der Waals surface area (Å²) in [6.07, 6.45) is 7.52. The van der Waals surface area contributed by atoms with Crippen LogP contribution in [0, 0.1) is 0 Å². The molecule has 0 radical (unpaired) electrons. The van der Waals surface area contributed by atoms with Gasteiger partial charge in [-0.15, -0.1) is 0 Å². The van der Waals surface area contributed by atoms with E-state index in [1.165, 1.54) is 0 Å². The van der Waals surface area contributed by atoms with Gasteiger partial charge in [0.25, 0.3) is 0 Å². The summed E-state index contributed by atoms with van der Waals surface area (Å²) in [5.74, 6) is 0.888. The third kappa shape index (κ3) is 2.49. The summed E-state index contributed by atoms with van der Waals surface area (Å²) in [5.41, 5.74) is 1.92. The van der Waals surface area contributed by atoms with Crippen LogP contribution in [0.15, 0.2) is 18.6 Å². The molecule has 1 atom stereocenters. The van der Waals surface area contributed by atoms with Crippen LogP contribution in [0.3, 0.4) is 0 Å². The number of aromatic amines is 1. The summed E-state index contributed by atoms with van der Waals surface area (Å²) >= 11 is 0. The molecule has 0 bridgehead atoms. The lowest BCUT2D eigenvalue weighted by Crippen LogP contribution is -2.47. The highest BCUT2D eigenvalue weighted by Crippen LogP contribution is 2.35. The normalized spacial score (nSPS) is 25.2. The first-order valence-corrected chi connectivity index (χ1v) is 7.61. The van der Waals surface area contributed by atoms with E-state index >= 15 is 0 Å². The molecule has 4 rings (SSSR count). The summed E-state index contributed by atoms with van der Waals surface area (Å²) in [6, 6.07) is 2.35. The van der Waals surface area contributed by atoms with Crippen LogP contribution >= 0.6 is 0 Å². The van der Waals surface area contributed by atoms with Crippen molar-refractivity contribution in [2.24, 2.45) is 0 Å². The summed E-state index contributed by atoms with van der Waals surface area (Å²) in [7, 11) is 0. The molecule has 1 unspecified atom stereocenters. The molecule has 0 amide bonds. The van der Waals surface area contributed by atoms with Crippen molar-refractivity contribution in [2.45, 2.75) is 37.3 Å². The molecule has 2 saturated heterocycles. The van der Waals surface area contributed by atoms with Gasteiger partial charge in [0.1, 0.15) is 11.8 Å². The van der Waals surface area contributed by atoms with E-state index in [9.17, 15) is 0 Å². The van der Waals surface area contributed by atoms with Crippen molar-refractivity contribution >= 4 is 16.9 Å². The van der Waals surface area contributed by atoms with Crippen molar-refractivity contribution in [2.75, 3.05) is 25.1 Å². The molecule has 6 nitrogen and oxygen atoms in total. The molecule has 2 aromatic heterocycles. The number of rotatable bonds is 2. The maximum Gasteiger partial charge on any atom is 0.154 e. The molecule has 21 heavy (non-hydrogen) atoms. The third-order valence-electron chi connectivity index (χ3n) is 4.58. The Morgan fingerprint density at radius 2 is 2.14 bits per heavy atom. The molecule has 2 aliphatic rings. The molecule has 0 aromatic carbocycles. The van der Waals surface area contributed by atoms with E-state index in [4.69, 9.17) is 9.47 Å². The van der Waals surface area contributed by atoms with Crippen LogP contribution in [0.4, 0.5) is 5.82 Å². The first kappa shape index (κ1) is 13.0. The zero-order valence-electron chi connectivity index (χ0n) is 12.0. The number of anilines is 1. The van der Waals surface area contributed by atoms with Gasteiger partial charge in [0.2, 0.25) is 0 Å². The van der Waals surface area contributed by atoms with Crippen LogP contribution in [-0.4, -0.2) is 46.4 Å². The number of hydrogen-bond donors (Lipinski definition) is 2. The van der Waals surface area contributed by atoms with Crippen molar-refractivity contribution < 1.29 is 9.47 Å². The average Bonchev–Trinajstić information content (AvgIpc) is 2.98. The lowest BCUT2D eigenvalue weighted by atomic mass is 9.84. The Morgan fingerprint density at radius 1 is 1.24 bits per heavy atom. The van der Waals surface area contributed by atoms with Gasteiger partial charge < -0.3 is 19.8 Å². The van der Waals surface area contributed by atoms with Crippen LogP contribution in [-0.2, 0) is 9.47 Å². The smallest absolute Gasteiger partial charge is 0.154 e. The molecule has 1 spiro atoms. The number of ether oxygens (including phenoxy) is 2. The van der Waals surface area contributed by atoms with Crippen LogP contribution < -0.4 is 5.32 Å². The van der Waals surface area contributed by atoms with Gasteiger partial charge in [-0.1, -0.05) is 0 Å². The monoisotopic (exact) mass is 288 g/mol. The molecule has 2 N–H and O–H groups in total. The number of nitrogens with zero attached hydrogens (tertiary/aromatic N) is 2. The zero-order valence-corrected chi connectivity index (χ0v) is 12.0. The topological polar surface area (TPSA) is 72.1 Å². The maximum atomic E-state index is 6.09. The fourth-order valence-corrected chi connectivity index (χ4v) is 3.42. The van der Waals surface area contributed by atoms with Gasteiger partial charge in [-0.05, 0) is 31.7 Å². The highest BCUT2D eigenvalue weighted by atomic mass is 16.5. The van der Waals surface area contributed by atoms with Crippen LogP contribution in [0.2, 0.25) is 0 Å². The third-order valence-corrected chi connectivity index (χ3v) is 4.58. The van der Waals surface area contributed by atoms with E-state index in [1.807, 2.05) is 12.3 Å². The molecule has 0 saturated carbocycles. The molecule has 2 aromatic rings. The quantitative estimate of drug-likeness (QED) is 0.885. The first-order chi connectivity index (χ1) is 10.3. The van der Waals surface area contributed by atoms with Crippen LogP contribution in [0.1, 0.15) is 25.7 Å². The Balaban J connectivity index is 1.52. The second-order valence-electron chi connectivity index (χ2n) is 5.94. The van der Waals surface area contributed by atoms with Gasteiger partial charge in [-0.2, -0.15) is 0 Å². The molecule has 2 aliphatic heterocycles. The Morgan fingerprint density at radius 3 is 3.05 bits per heavy atom. The fraction of sp³-hybridized carbons (Fsp3) is 0.600. The van der Waals surface area contributed by atoms with E-state index in [0.29, 0.717) is 6.04 Å². The largest absolute Gasteiger partial charge is 0.381 e. The lowest BCUT2D eigenvalue weighted by molar-refractivity contribution is -0.135. The highest BCUT2D eigenvalue weighted by Gasteiger charge is 2.39. The first-order valence-electron chi connectivity index (χ1n) is 7.61. The van der Waals surface area contributed by atoms with Crippen molar-refractivity contribution in [3.8, 4) is 0 Å². The summed E-state index contributed by atoms with van der Waals surface area (Å²) in [5, 5.41) is 3.58. The highest BCUT2D eigenvalue weighted by molar-refractivity contribution is 5.85. The Labute approximate surface area is 123 Å². The number of aromatic nitrogens is 3. The van der Waals surface area contributed by atoms with Crippen LogP contribution in [0.25, 0.3) is 11.0 Å². The second-order valence-corrected chi connectivity index (χ2v) is 5.94. The summed E-state index contributed by atoms with van der Waals surface area (Å²) in [6.45, 7) is 2.42. The molecule has 112 valence electrons. The van der Waals surface area contributed by atoms with Gasteiger partial charge >= 0.3 is 0 Å². The predicted octanol–water partition coefficient (Wildman–Crippen LogP) is 2.10. The van der Waals surface area contributed by atoms with Crippen LogP contribution in [0.5, 0.6) is 0 Å². The number of H-pyrrole nitrogens is 1. The molecular weight excluding hydrogens is 268 g/mol. The van der Waals surface area contributed by atoms with E-state index in [2.05, 4.69) is 20.3 Å². The average molecular weight is 288 g/mol. The van der Waals surface area contributed by atoms with Crippen molar-refractivity contribution in [1.82, 2.24) is 15.0 Å². The van der Waals surface area contributed by atoms with E-state index in [1.54, 1.807) is 6.33 Å². The van der Waals surface area contributed by atoms with Gasteiger partial charge in [0, 0.05) is 32.1 Å².